The number of amides is 1. The second-order valence-electron chi connectivity index (χ2n) is 4.06. The van der Waals surface area contributed by atoms with E-state index in [0.29, 0.717) is 0 Å². The molecule has 1 amide bonds. The average molecular weight is 328 g/mol. The summed E-state index contributed by atoms with van der Waals surface area (Å²) in [5.74, 6) is -2.91. The second kappa shape index (κ2) is 6.11. The number of carboxylic acid groups (broad SMARTS) is 1. The van der Waals surface area contributed by atoms with Gasteiger partial charge in [0.15, 0.2) is 0 Å². The SMILES string of the molecule is O=C(O)c1ccc(NC(=O)c2cccc(Cl)c2Cl)cc1F. The number of aromatic carboxylic acids is 1. The normalized spacial score (nSPS) is 10.2. The molecule has 2 aromatic rings. The highest BCUT2D eigenvalue weighted by molar-refractivity contribution is 6.44. The summed E-state index contributed by atoms with van der Waals surface area (Å²) in [4.78, 5) is 22.7. The molecule has 0 aliphatic rings. The van der Waals surface area contributed by atoms with Crippen LogP contribution in [0.5, 0.6) is 0 Å². The molecule has 2 rings (SSSR count). The van der Waals surface area contributed by atoms with Gasteiger partial charge in [-0.2, -0.15) is 0 Å². The maximum Gasteiger partial charge on any atom is 0.338 e. The predicted octanol–water partition coefficient (Wildman–Crippen LogP) is 4.08. The van der Waals surface area contributed by atoms with E-state index in [-0.39, 0.29) is 21.3 Å². The first-order chi connectivity index (χ1) is 9.90. The van der Waals surface area contributed by atoms with Gasteiger partial charge < -0.3 is 10.4 Å². The Morgan fingerprint density at radius 1 is 1.10 bits per heavy atom. The number of carboxylic acids is 1. The third kappa shape index (κ3) is 3.32. The molecule has 7 heteroatoms. The summed E-state index contributed by atoms with van der Waals surface area (Å²) < 4.78 is 13.5. The molecule has 0 aliphatic carbocycles. The van der Waals surface area contributed by atoms with E-state index in [1.807, 2.05) is 0 Å². The number of rotatable bonds is 3. The zero-order valence-corrected chi connectivity index (χ0v) is 11.9. The molecule has 0 saturated carbocycles. The van der Waals surface area contributed by atoms with E-state index >= 15 is 0 Å². The van der Waals surface area contributed by atoms with Gasteiger partial charge in [-0.3, -0.25) is 4.79 Å². The van der Waals surface area contributed by atoms with E-state index in [2.05, 4.69) is 5.32 Å². The monoisotopic (exact) mass is 327 g/mol. The molecular weight excluding hydrogens is 320 g/mol. The molecule has 21 heavy (non-hydrogen) atoms. The predicted molar refractivity (Wildman–Crippen MR) is 77.8 cm³/mol. The van der Waals surface area contributed by atoms with Crippen LogP contribution in [0, 0.1) is 5.82 Å². The number of hydrogen-bond donors (Lipinski definition) is 2. The van der Waals surface area contributed by atoms with Crippen LogP contribution in [0.4, 0.5) is 10.1 Å². The van der Waals surface area contributed by atoms with Gasteiger partial charge in [-0.15, -0.1) is 0 Å². The number of carbonyl (C=O) groups is 2. The first-order valence-electron chi connectivity index (χ1n) is 5.68. The van der Waals surface area contributed by atoms with Crippen molar-refractivity contribution in [3.63, 3.8) is 0 Å². The molecule has 0 atom stereocenters. The molecule has 2 aromatic carbocycles. The van der Waals surface area contributed by atoms with Crippen molar-refractivity contribution >= 4 is 40.8 Å². The molecular formula is C14H8Cl2FNO3. The van der Waals surface area contributed by atoms with Crippen LogP contribution in [0.25, 0.3) is 0 Å². The van der Waals surface area contributed by atoms with Crippen LogP contribution in [0.1, 0.15) is 20.7 Å². The molecule has 2 N–H and O–H groups in total. The fraction of sp³-hybridized carbons (Fsp3) is 0. The summed E-state index contributed by atoms with van der Waals surface area (Å²) in [6.07, 6.45) is 0. The van der Waals surface area contributed by atoms with Gasteiger partial charge in [0.1, 0.15) is 5.82 Å². The van der Waals surface area contributed by atoms with Crippen molar-refractivity contribution in [3.05, 3.63) is 63.4 Å². The minimum atomic E-state index is -1.39. The highest BCUT2D eigenvalue weighted by Crippen LogP contribution is 2.26. The fourth-order valence-electron chi connectivity index (χ4n) is 1.64. The molecule has 0 radical (unpaired) electrons. The Morgan fingerprint density at radius 3 is 2.43 bits per heavy atom. The zero-order chi connectivity index (χ0) is 15.6. The van der Waals surface area contributed by atoms with Crippen LogP contribution in [-0.2, 0) is 0 Å². The standard InChI is InChI=1S/C14H8Cl2FNO3/c15-10-3-1-2-9(12(10)16)13(19)18-7-4-5-8(14(20)21)11(17)6-7/h1-6H,(H,18,19)(H,20,21). The number of anilines is 1. The van der Waals surface area contributed by atoms with Crippen LogP contribution in [0.3, 0.4) is 0 Å². The summed E-state index contributed by atoms with van der Waals surface area (Å²) in [5, 5.41) is 11.4. The van der Waals surface area contributed by atoms with Crippen molar-refractivity contribution in [2.75, 3.05) is 5.32 Å². The third-order valence-corrected chi connectivity index (χ3v) is 3.47. The summed E-state index contributed by atoms with van der Waals surface area (Å²) in [6.45, 7) is 0. The summed E-state index contributed by atoms with van der Waals surface area (Å²) >= 11 is 11.7. The molecule has 108 valence electrons. The minimum absolute atomic E-state index is 0.0827. The quantitative estimate of drug-likeness (QED) is 0.892. The summed E-state index contributed by atoms with van der Waals surface area (Å²) in [6, 6.07) is 7.81. The average Bonchev–Trinajstić information content (AvgIpc) is 2.41. The molecule has 0 aliphatic heterocycles. The van der Waals surface area contributed by atoms with Crippen molar-refractivity contribution in [1.29, 1.82) is 0 Å². The van der Waals surface area contributed by atoms with Gasteiger partial charge in [0.2, 0.25) is 0 Å². The highest BCUT2D eigenvalue weighted by atomic mass is 35.5. The lowest BCUT2D eigenvalue weighted by Gasteiger charge is -2.08. The first kappa shape index (κ1) is 15.3. The van der Waals surface area contributed by atoms with Gasteiger partial charge in [-0.25, -0.2) is 9.18 Å². The van der Waals surface area contributed by atoms with Gasteiger partial charge in [0, 0.05) is 5.69 Å². The third-order valence-electron chi connectivity index (χ3n) is 2.65. The Labute approximate surface area is 129 Å². The van der Waals surface area contributed by atoms with Crippen LogP contribution >= 0.6 is 23.2 Å². The van der Waals surface area contributed by atoms with Crippen LogP contribution in [0.15, 0.2) is 36.4 Å². The molecule has 0 heterocycles. The van der Waals surface area contributed by atoms with Crippen LogP contribution in [-0.4, -0.2) is 17.0 Å². The number of nitrogens with one attached hydrogen (secondary N) is 1. The Hall–Kier alpha value is -2.11. The molecule has 0 unspecified atom stereocenters. The van der Waals surface area contributed by atoms with Gasteiger partial charge in [-0.05, 0) is 30.3 Å². The molecule has 0 bridgehead atoms. The van der Waals surface area contributed by atoms with Gasteiger partial charge >= 0.3 is 5.97 Å². The fourth-order valence-corrected chi connectivity index (χ4v) is 2.03. The van der Waals surface area contributed by atoms with E-state index in [1.165, 1.54) is 18.2 Å². The lowest BCUT2D eigenvalue weighted by molar-refractivity contribution is 0.0692. The molecule has 0 spiro atoms. The van der Waals surface area contributed by atoms with E-state index in [9.17, 15) is 14.0 Å². The molecule has 0 fully saturated rings. The van der Waals surface area contributed by atoms with Gasteiger partial charge in [0.25, 0.3) is 5.91 Å². The largest absolute Gasteiger partial charge is 0.478 e. The van der Waals surface area contributed by atoms with Crippen molar-refractivity contribution in [1.82, 2.24) is 0 Å². The Kier molecular flexibility index (Phi) is 4.45. The van der Waals surface area contributed by atoms with E-state index < -0.39 is 23.3 Å². The highest BCUT2D eigenvalue weighted by Gasteiger charge is 2.15. The van der Waals surface area contributed by atoms with Crippen molar-refractivity contribution in [3.8, 4) is 0 Å². The van der Waals surface area contributed by atoms with Gasteiger partial charge in [0.05, 0.1) is 21.2 Å². The smallest absolute Gasteiger partial charge is 0.338 e. The molecule has 0 saturated heterocycles. The number of halogens is 3. The number of benzene rings is 2. The maximum absolute atomic E-state index is 13.5. The zero-order valence-electron chi connectivity index (χ0n) is 10.4. The number of carbonyl (C=O) groups excluding carboxylic acids is 1. The number of hydrogen-bond acceptors (Lipinski definition) is 2. The lowest BCUT2D eigenvalue weighted by Crippen LogP contribution is -2.13. The Morgan fingerprint density at radius 2 is 1.81 bits per heavy atom. The van der Waals surface area contributed by atoms with Crippen molar-refractivity contribution in [2.24, 2.45) is 0 Å². The second-order valence-corrected chi connectivity index (χ2v) is 4.84. The summed E-state index contributed by atoms with van der Waals surface area (Å²) in [5.41, 5.74) is -0.237. The van der Waals surface area contributed by atoms with Crippen LogP contribution in [0.2, 0.25) is 10.0 Å². The Bertz CT molecular complexity index is 734. The topological polar surface area (TPSA) is 66.4 Å². The summed E-state index contributed by atoms with van der Waals surface area (Å²) in [7, 11) is 0. The molecule has 4 nitrogen and oxygen atoms in total. The Balaban J connectivity index is 2.26. The maximum atomic E-state index is 13.5. The van der Waals surface area contributed by atoms with Crippen molar-refractivity contribution < 1.29 is 19.1 Å². The van der Waals surface area contributed by atoms with Gasteiger partial charge in [-0.1, -0.05) is 29.3 Å². The van der Waals surface area contributed by atoms with E-state index in [0.717, 1.165) is 12.1 Å². The van der Waals surface area contributed by atoms with Crippen molar-refractivity contribution in [2.45, 2.75) is 0 Å². The molecule has 0 aromatic heterocycles. The lowest BCUT2D eigenvalue weighted by atomic mass is 10.1. The van der Waals surface area contributed by atoms with E-state index in [4.69, 9.17) is 28.3 Å². The first-order valence-corrected chi connectivity index (χ1v) is 6.44. The van der Waals surface area contributed by atoms with Crippen LogP contribution < -0.4 is 5.32 Å². The minimum Gasteiger partial charge on any atom is -0.478 e. The van der Waals surface area contributed by atoms with E-state index in [1.54, 1.807) is 6.07 Å².